The average molecular weight is 318 g/mol. The van der Waals surface area contributed by atoms with Crippen molar-refractivity contribution in [2.75, 3.05) is 0 Å². The predicted octanol–water partition coefficient (Wildman–Crippen LogP) is 2.02. The zero-order chi connectivity index (χ0) is 16.9. The summed E-state index contributed by atoms with van der Waals surface area (Å²) >= 11 is 0. The minimum atomic E-state index is -0.224. The van der Waals surface area contributed by atoms with Crippen molar-refractivity contribution in [1.82, 2.24) is 25.5 Å². The van der Waals surface area contributed by atoms with E-state index in [1.165, 1.54) is 11.0 Å². The normalized spacial score (nSPS) is 11.5. The van der Waals surface area contributed by atoms with Crippen molar-refractivity contribution in [3.8, 4) is 11.8 Å². The molecular weight excluding hydrogens is 304 g/mol. The molecule has 0 bridgehead atoms. The van der Waals surface area contributed by atoms with Crippen LogP contribution in [0.5, 0.6) is 0 Å². The summed E-state index contributed by atoms with van der Waals surface area (Å²) in [7, 11) is 0. The van der Waals surface area contributed by atoms with E-state index in [-0.39, 0.29) is 11.9 Å². The van der Waals surface area contributed by atoms with Gasteiger partial charge in [0.25, 0.3) is 5.91 Å². The fraction of sp³-hybridized carbons (Fsp3) is 0.118. The third-order valence-corrected chi connectivity index (χ3v) is 3.63. The maximum absolute atomic E-state index is 12.6. The Bertz CT molecular complexity index is 880. The second-order valence-corrected chi connectivity index (χ2v) is 5.20. The molecule has 0 saturated carbocycles. The monoisotopic (exact) mass is 318 g/mol. The van der Waals surface area contributed by atoms with Gasteiger partial charge in [0.2, 0.25) is 0 Å². The van der Waals surface area contributed by atoms with Gasteiger partial charge in [0.15, 0.2) is 0 Å². The standard InChI is InChI=1S/C17H14N6O/c1-12(14-8-6-13(10-18)7-9-14)20-17(24)15-4-2-3-5-16(15)23-11-19-21-22-23/h2-9,11-12H,1H3,(H,20,24). The van der Waals surface area contributed by atoms with E-state index in [0.29, 0.717) is 16.8 Å². The fourth-order valence-electron chi connectivity index (χ4n) is 2.34. The molecule has 3 aromatic rings. The molecule has 1 aromatic heterocycles. The van der Waals surface area contributed by atoms with Crippen LogP contribution in [0.3, 0.4) is 0 Å². The number of tetrazole rings is 1. The Morgan fingerprint density at radius 1 is 1.21 bits per heavy atom. The van der Waals surface area contributed by atoms with Crippen molar-refractivity contribution in [2.24, 2.45) is 0 Å². The molecule has 7 nitrogen and oxygen atoms in total. The third kappa shape index (κ3) is 3.13. The smallest absolute Gasteiger partial charge is 0.253 e. The first-order valence-electron chi connectivity index (χ1n) is 7.32. The third-order valence-electron chi connectivity index (χ3n) is 3.63. The molecule has 0 spiro atoms. The molecule has 1 atom stereocenters. The highest BCUT2D eigenvalue weighted by molar-refractivity contribution is 5.97. The highest BCUT2D eigenvalue weighted by Gasteiger charge is 2.16. The number of aromatic nitrogens is 4. The summed E-state index contributed by atoms with van der Waals surface area (Å²) in [6, 6.07) is 16.1. The Labute approximate surface area is 138 Å². The maximum Gasteiger partial charge on any atom is 0.253 e. The summed E-state index contributed by atoms with van der Waals surface area (Å²) in [5.41, 5.74) is 2.58. The summed E-state index contributed by atoms with van der Waals surface area (Å²) in [5.74, 6) is -0.224. The van der Waals surface area contributed by atoms with Crippen LogP contribution in [0.25, 0.3) is 5.69 Å². The van der Waals surface area contributed by atoms with E-state index in [4.69, 9.17) is 5.26 Å². The van der Waals surface area contributed by atoms with Gasteiger partial charge in [-0.25, -0.2) is 0 Å². The molecule has 3 rings (SSSR count). The number of nitrogens with zero attached hydrogens (tertiary/aromatic N) is 5. The van der Waals surface area contributed by atoms with Crippen molar-refractivity contribution in [1.29, 1.82) is 5.26 Å². The van der Waals surface area contributed by atoms with Gasteiger partial charge in [0, 0.05) is 0 Å². The van der Waals surface area contributed by atoms with Crippen LogP contribution in [0.15, 0.2) is 54.9 Å². The summed E-state index contributed by atoms with van der Waals surface area (Å²) in [6.45, 7) is 1.89. The predicted molar refractivity (Wildman–Crippen MR) is 86.2 cm³/mol. The Hall–Kier alpha value is -3.53. The Morgan fingerprint density at radius 3 is 2.62 bits per heavy atom. The van der Waals surface area contributed by atoms with Gasteiger partial charge in [-0.15, -0.1) is 5.10 Å². The zero-order valence-electron chi connectivity index (χ0n) is 12.9. The van der Waals surface area contributed by atoms with Crippen LogP contribution in [0.2, 0.25) is 0 Å². The lowest BCUT2D eigenvalue weighted by Crippen LogP contribution is -2.27. The molecule has 0 fully saturated rings. The lowest BCUT2D eigenvalue weighted by molar-refractivity contribution is 0.0939. The maximum atomic E-state index is 12.6. The number of hydrogen-bond acceptors (Lipinski definition) is 5. The number of carbonyl (C=O) groups is 1. The molecule has 24 heavy (non-hydrogen) atoms. The van der Waals surface area contributed by atoms with Gasteiger partial charge in [-0.05, 0) is 47.2 Å². The number of benzene rings is 2. The summed E-state index contributed by atoms with van der Waals surface area (Å²) in [4.78, 5) is 12.6. The van der Waals surface area contributed by atoms with Crippen LogP contribution in [-0.4, -0.2) is 26.1 Å². The number of amides is 1. The second-order valence-electron chi connectivity index (χ2n) is 5.20. The van der Waals surface area contributed by atoms with Gasteiger partial charge in [-0.3, -0.25) is 4.79 Å². The van der Waals surface area contributed by atoms with E-state index in [1.807, 2.05) is 25.1 Å². The van der Waals surface area contributed by atoms with Crippen LogP contribution in [0, 0.1) is 11.3 Å². The Balaban J connectivity index is 1.81. The van der Waals surface area contributed by atoms with Crippen molar-refractivity contribution in [3.63, 3.8) is 0 Å². The van der Waals surface area contributed by atoms with Gasteiger partial charge in [0.1, 0.15) is 6.33 Å². The molecule has 2 aromatic carbocycles. The van der Waals surface area contributed by atoms with E-state index >= 15 is 0 Å². The second kappa shape index (κ2) is 6.71. The molecule has 1 heterocycles. The molecule has 0 radical (unpaired) electrons. The number of carbonyl (C=O) groups excluding carboxylic acids is 1. The molecular formula is C17H14N6O. The zero-order valence-corrected chi connectivity index (χ0v) is 12.9. The first kappa shape index (κ1) is 15.4. The molecule has 1 unspecified atom stereocenters. The van der Waals surface area contributed by atoms with Crippen LogP contribution >= 0.6 is 0 Å². The molecule has 118 valence electrons. The largest absolute Gasteiger partial charge is 0.345 e. The molecule has 0 aliphatic heterocycles. The number of rotatable bonds is 4. The van der Waals surface area contributed by atoms with Crippen LogP contribution in [-0.2, 0) is 0 Å². The fourth-order valence-corrected chi connectivity index (χ4v) is 2.34. The highest BCUT2D eigenvalue weighted by atomic mass is 16.1. The van der Waals surface area contributed by atoms with Crippen LogP contribution in [0.4, 0.5) is 0 Å². The quantitative estimate of drug-likeness (QED) is 0.794. The topological polar surface area (TPSA) is 96.5 Å². The van der Waals surface area contributed by atoms with E-state index in [2.05, 4.69) is 26.9 Å². The number of para-hydroxylation sites is 1. The van der Waals surface area contributed by atoms with Gasteiger partial charge in [0.05, 0.1) is 28.9 Å². The highest BCUT2D eigenvalue weighted by Crippen LogP contribution is 2.17. The molecule has 0 saturated heterocycles. The van der Waals surface area contributed by atoms with Crippen LogP contribution in [0.1, 0.15) is 34.5 Å². The number of hydrogen-bond donors (Lipinski definition) is 1. The van der Waals surface area contributed by atoms with Crippen molar-refractivity contribution >= 4 is 5.91 Å². The van der Waals surface area contributed by atoms with Crippen molar-refractivity contribution < 1.29 is 4.79 Å². The molecule has 1 amide bonds. The summed E-state index contributed by atoms with van der Waals surface area (Å²) in [5, 5.41) is 22.8. The van der Waals surface area contributed by atoms with E-state index in [1.54, 1.807) is 30.3 Å². The van der Waals surface area contributed by atoms with Gasteiger partial charge in [-0.2, -0.15) is 9.94 Å². The van der Waals surface area contributed by atoms with Crippen LogP contribution < -0.4 is 5.32 Å². The Kier molecular flexibility index (Phi) is 4.29. The minimum Gasteiger partial charge on any atom is -0.345 e. The number of nitriles is 1. The minimum absolute atomic E-state index is 0.202. The first-order chi connectivity index (χ1) is 11.7. The Morgan fingerprint density at radius 2 is 1.96 bits per heavy atom. The van der Waals surface area contributed by atoms with Gasteiger partial charge >= 0.3 is 0 Å². The van der Waals surface area contributed by atoms with Gasteiger partial charge < -0.3 is 5.32 Å². The number of nitrogens with one attached hydrogen (secondary N) is 1. The van der Waals surface area contributed by atoms with Crippen molar-refractivity contribution in [3.05, 3.63) is 71.5 Å². The molecule has 1 N–H and O–H groups in total. The SMILES string of the molecule is CC(NC(=O)c1ccccc1-n1cnnn1)c1ccc(C#N)cc1. The lowest BCUT2D eigenvalue weighted by Gasteiger charge is -2.16. The summed E-state index contributed by atoms with van der Waals surface area (Å²) in [6.07, 6.45) is 1.44. The van der Waals surface area contributed by atoms with Gasteiger partial charge in [-0.1, -0.05) is 24.3 Å². The lowest BCUT2D eigenvalue weighted by atomic mass is 10.1. The van der Waals surface area contributed by atoms with E-state index < -0.39 is 0 Å². The molecule has 7 heteroatoms. The van der Waals surface area contributed by atoms with E-state index in [0.717, 1.165) is 5.56 Å². The molecule has 0 aliphatic carbocycles. The van der Waals surface area contributed by atoms with Crippen molar-refractivity contribution in [2.45, 2.75) is 13.0 Å². The summed E-state index contributed by atoms with van der Waals surface area (Å²) < 4.78 is 1.45. The average Bonchev–Trinajstić information content (AvgIpc) is 3.16. The van der Waals surface area contributed by atoms with E-state index in [9.17, 15) is 4.79 Å². The first-order valence-corrected chi connectivity index (χ1v) is 7.32. The molecule has 0 aliphatic rings.